The van der Waals surface area contributed by atoms with Crippen molar-refractivity contribution in [3.05, 3.63) is 108 Å². The van der Waals surface area contributed by atoms with Crippen molar-refractivity contribution in [2.24, 2.45) is 0 Å². The van der Waals surface area contributed by atoms with Crippen molar-refractivity contribution in [2.45, 2.75) is 123 Å². The molecular formula is C51H62N4O6. The molecule has 322 valence electrons. The summed E-state index contributed by atoms with van der Waals surface area (Å²) in [5.74, 6) is -1.28. The highest BCUT2D eigenvalue weighted by Gasteiger charge is 2.18. The molecule has 0 atom stereocenters. The Morgan fingerprint density at radius 1 is 0.689 bits per heavy atom. The molecule has 1 amide bonds. The van der Waals surface area contributed by atoms with Crippen LogP contribution >= 0.6 is 0 Å². The minimum atomic E-state index is -1.18. The van der Waals surface area contributed by atoms with E-state index in [1.807, 2.05) is 99.6 Å². The van der Waals surface area contributed by atoms with Gasteiger partial charge in [-0.2, -0.15) is 0 Å². The van der Waals surface area contributed by atoms with Crippen molar-refractivity contribution in [1.29, 1.82) is 0 Å². The molecule has 0 aliphatic carbocycles. The van der Waals surface area contributed by atoms with Crippen LogP contribution in [0.15, 0.2) is 95.5 Å². The van der Waals surface area contributed by atoms with E-state index >= 15 is 0 Å². The third-order valence-corrected chi connectivity index (χ3v) is 10.3. The number of carboxylic acid groups (broad SMARTS) is 1. The molecule has 0 bridgehead atoms. The molecule has 0 radical (unpaired) electrons. The monoisotopic (exact) mass is 826 g/mol. The minimum Gasteiger partial charge on any atom is -0.475 e. The molecule has 3 aromatic carbocycles. The van der Waals surface area contributed by atoms with E-state index in [0.29, 0.717) is 23.6 Å². The van der Waals surface area contributed by atoms with Gasteiger partial charge in [-0.15, -0.1) is 0 Å². The van der Waals surface area contributed by atoms with Crippen LogP contribution in [0.5, 0.6) is 0 Å². The average molecular weight is 827 g/mol. The predicted octanol–water partition coefficient (Wildman–Crippen LogP) is 12.7. The van der Waals surface area contributed by atoms with Crippen molar-refractivity contribution in [3.8, 4) is 45.2 Å². The van der Waals surface area contributed by atoms with E-state index in [0.717, 1.165) is 52.0 Å². The second-order valence-corrected chi connectivity index (χ2v) is 16.6. The molecule has 0 saturated heterocycles. The van der Waals surface area contributed by atoms with E-state index < -0.39 is 17.5 Å². The van der Waals surface area contributed by atoms with Gasteiger partial charge in [-0.1, -0.05) is 168 Å². The summed E-state index contributed by atoms with van der Waals surface area (Å²) >= 11 is 0. The van der Waals surface area contributed by atoms with E-state index in [4.69, 9.17) is 14.2 Å². The summed E-state index contributed by atoms with van der Waals surface area (Å²) in [7, 11) is 0. The highest BCUT2D eigenvalue weighted by molar-refractivity contribution is 5.92. The van der Waals surface area contributed by atoms with Gasteiger partial charge in [-0.25, -0.2) is 14.6 Å². The number of carbonyl (C=O) groups is 3. The van der Waals surface area contributed by atoms with Gasteiger partial charge in [0, 0.05) is 47.0 Å². The molecule has 2 heterocycles. The number of imidazole rings is 1. The van der Waals surface area contributed by atoms with Crippen molar-refractivity contribution in [2.75, 3.05) is 6.54 Å². The molecule has 0 aliphatic rings. The molecule has 0 spiro atoms. The van der Waals surface area contributed by atoms with Crippen molar-refractivity contribution in [1.82, 2.24) is 20.4 Å². The minimum absolute atomic E-state index is 0.0967. The number of benzene rings is 3. The Morgan fingerprint density at radius 3 is 1.74 bits per heavy atom. The summed E-state index contributed by atoms with van der Waals surface area (Å²) in [5.41, 5.74) is 6.40. The zero-order valence-electron chi connectivity index (χ0n) is 36.3. The van der Waals surface area contributed by atoms with Gasteiger partial charge in [0.25, 0.3) is 0 Å². The van der Waals surface area contributed by atoms with Crippen LogP contribution in [0.2, 0.25) is 0 Å². The number of aromatic amines is 1. The number of esters is 1. The van der Waals surface area contributed by atoms with Gasteiger partial charge in [-0.3, -0.25) is 4.79 Å². The zero-order valence-corrected chi connectivity index (χ0v) is 36.3. The highest BCUT2D eigenvalue weighted by atomic mass is 16.6. The Morgan fingerprint density at radius 2 is 1.20 bits per heavy atom. The maximum absolute atomic E-state index is 12.6. The second kappa shape index (κ2) is 23.7. The second-order valence-electron chi connectivity index (χ2n) is 16.6. The Hall–Kier alpha value is -6.03. The molecule has 5 aromatic rings. The van der Waals surface area contributed by atoms with Crippen LogP contribution in [0.1, 0.15) is 139 Å². The Balaban J connectivity index is 1.18. The zero-order chi connectivity index (χ0) is 43.5. The fourth-order valence-corrected chi connectivity index (χ4v) is 7.01. The summed E-state index contributed by atoms with van der Waals surface area (Å²) < 4.78 is 10.3. The molecule has 2 aromatic heterocycles. The van der Waals surface area contributed by atoms with E-state index in [1.54, 1.807) is 12.2 Å². The van der Waals surface area contributed by atoms with Gasteiger partial charge in [0.2, 0.25) is 11.7 Å². The summed E-state index contributed by atoms with van der Waals surface area (Å²) in [4.78, 5) is 44.7. The number of carbonyl (C=O) groups excluding carboxylic acids is 2. The number of ether oxygens (including phenoxy) is 1. The highest BCUT2D eigenvalue weighted by Crippen LogP contribution is 2.34. The number of nitrogens with one attached hydrogen (secondary N) is 2. The van der Waals surface area contributed by atoms with Gasteiger partial charge >= 0.3 is 11.9 Å². The Kier molecular flexibility index (Phi) is 17.9. The molecule has 0 unspecified atom stereocenters. The molecule has 10 nitrogen and oxygen atoms in total. The van der Waals surface area contributed by atoms with E-state index in [-0.39, 0.29) is 11.7 Å². The van der Waals surface area contributed by atoms with Crippen LogP contribution in [0.3, 0.4) is 0 Å². The Labute approximate surface area is 360 Å². The number of nitrogens with zero attached hydrogens (tertiary/aromatic N) is 2. The largest absolute Gasteiger partial charge is 0.475 e. The number of rotatable bonds is 24. The average Bonchev–Trinajstić information content (AvgIpc) is 3.93. The SMILES string of the molecule is CCCCCCCCCCCCCCCCNC(=O)C=Cc1ccc(-c2[nH]c(-c3ccc(-c4cc(C(=O)O)on4)cc3)nc2-c2ccc(/C=C/C(=O)OC(C)(C)C)cc2)cc1. The first-order chi connectivity index (χ1) is 29.5. The van der Waals surface area contributed by atoms with Gasteiger partial charge in [0.05, 0.1) is 11.4 Å². The van der Waals surface area contributed by atoms with E-state index in [1.165, 1.54) is 89.2 Å². The predicted molar refractivity (Wildman–Crippen MR) is 245 cm³/mol. The van der Waals surface area contributed by atoms with Crippen LogP contribution in [0.4, 0.5) is 0 Å². The first-order valence-electron chi connectivity index (χ1n) is 22.0. The molecule has 5 rings (SSSR count). The van der Waals surface area contributed by atoms with Crippen LogP contribution in [-0.2, 0) is 14.3 Å². The quantitative estimate of drug-likeness (QED) is 0.0316. The molecule has 0 saturated carbocycles. The van der Waals surface area contributed by atoms with E-state index in [2.05, 4.69) is 22.4 Å². The lowest BCUT2D eigenvalue weighted by molar-refractivity contribution is -0.148. The van der Waals surface area contributed by atoms with Gasteiger partial charge in [0.15, 0.2) is 0 Å². The lowest BCUT2D eigenvalue weighted by Crippen LogP contribution is -2.22. The molecule has 61 heavy (non-hydrogen) atoms. The van der Waals surface area contributed by atoms with Crippen molar-refractivity contribution >= 4 is 30.0 Å². The number of hydrogen-bond acceptors (Lipinski definition) is 7. The summed E-state index contributed by atoms with van der Waals surface area (Å²) in [6, 6.07) is 24.5. The number of hydrogen-bond donors (Lipinski definition) is 3. The van der Waals surface area contributed by atoms with Crippen LogP contribution in [0, 0.1) is 0 Å². The smallest absolute Gasteiger partial charge is 0.374 e. The fourth-order valence-electron chi connectivity index (χ4n) is 7.01. The lowest BCUT2D eigenvalue weighted by atomic mass is 10.0. The topological polar surface area (TPSA) is 147 Å². The van der Waals surface area contributed by atoms with Crippen molar-refractivity contribution < 1.29 is 28.8 Å². The Bertz CT molecular complexity index is 2190. The van der Waals surface area contributed by atoms with Gasteiger partial charge in [0.1, 0.15) is 17.1 Å². The summed E-state index contributed by atoms with van der Waals surface area (Å²) in [5, 5.41) is 16.1. The standard InChI is InChI=1S/C51H62N4O6/c1-5-6-7-8-9-10-11-12-13-14-15-16-17-18-35-52-45(56)33-23-37-19-25-40(26-20-37)47-48(41-27-21-38(22-28-41)24-34-46(57)60-51(2,3)4)54-49(53-47)42-31-29-39(30-32-42)43-36-44(50(58)59)61-55-43/h19-34,36H,5-18,35H2,1-4H3,(H,52,56)(H,53,54)(H,58,59)/b33-23?,34-24+. The number of amides is 1. The maximum atomic E-state index is 12.6. The molecule has 3 N–H and O–H groups in total. The lowest BCUT2D eigenvalue weighted by Gasteiger charge is -2.17. The first kappa shape index (κ1) is 46.0. The molecule has 0 fully saturated rings. The van der Waals surface area contributed by atoms with Crippen LogP contribution in [-0.4, -0.2) is 50.2 Å². The maximum Gasteiger partial charge on any atom is 0.374 e. The third kappa shape index (κ3) is 15.5. The third-order valence-electron chi connectivity index (χ3n) is 10.3. The fraction of sp³-hybridized carbons (Fsp3) is 0.392. The normalized spacial score (nSPS) is 11.7. The summed E-state index contributed by atoms with van der Waals surface area (Å²) in [6.45, 7) is 8.44. The van der Waals surface area contributed by atoms with Crippen LogP contribution < -0.4 is 5.32 Å². The number of H-pyrrole nitrogens is 1. The number of aromatic carboxylic acids is 1. The number of carboxylic acids is 1. The van der Waals surface area contributed by atoms with Crippen molar-refractivity contribution in [3.63, 3.8) is 0 Å². The van der Waals surface area contributed by atoms with E-state index in [9.17, 15) is 19.5 Å². The van der Waals surface area contributed by atoms with Gasteiger partial charge < -0.3 is 24.7 Å². The first-order valence-corrected chi connectivity index (χ1v) is 22.0. The molecule has 10 heteroatoms. The van der Waals surface area contributed by atoms with Gasteiger partial charge in [-0.05, 0) is 50.5 Å². The molecule has 0 aliphatic heterocycles. The number of unbranched alkanes of at least 4 members (excludes halogenated alkanes) is 13. The number of aromatic nitrogens is 3. The van der Waals surface area contributed by atoms with Crippen LogP contribution in [0.25, 0.3) is 57.3 Å². The molecular weight excluding hydrogens is 765 g/mol. The summed E-state index contributed by atoms with van der Waals surface area (Å²) in [6.07, 6.45) is 24.8.